The van der Waals surface area contributed by atoms with Crippen molar-refractivity contribution in [2.24, 2.45) is 10.9 Å². The van der Waals surface area contributed by atoms with Crippen LogP contribution in [0.2, 0.25) is 0 Å². The zero-order valence-electron chi connectivity index (χ0n) is 14.4. The highest BCUT2D eigenvalue weighted by molar-refractivity contribution is 14.0. The zero-order chi connectivity index (χ0) is 16.2. The van der Waals surface area contributed by atoms with E-state index in [2.05, 4.69) is 41.6 Å². The fourth-order valence-electron chi connectivity index (χ4n) is 2.89. The topological polar surface area (TPSA) is 56.7 Å². The van der Waals surface area contributed by atoms with Crippen molar-refractivity contribution in [1.82, 2.24) is 10.6 Å². The molecule has 6 heteroatoms. The van der Waals surface area contributed by atoms with E-state index in [4.69, 9.17) is 0 Å². The Hall–Kier alpha value is -1.31. The van der Waals surface area contributed by atoms with Crippen LogP contribution in [0.4, 0.5) is 5.69 Å². The largest absolute Gasteiger partial charge is 0.357 e. The van der Waals surface area contributed by atoms with E-state index in [0.717, 1.165) is 42.6 Å². The van der Waals surface area contributed by atoms with Gasteiger partial charge in [0, 0.05) is 31.2 Å². The molecule has 1 amide bonds. The lowest BCUT2D eigenvalue weighted by Crippen LogP contribution is -2.39. The molecule has 1 heterocycles. The van der Waals surface area contributed by atoms with Gasteiger partial charge in [0.05, 0.1) is 6.54 Å². The number of nitrogens with zero attached hydrogens (tertiary/aromatic N) is 2. The fourth-order valence-corrected chi connectivity index (χ4v) is 2.89. The number of anilines is 1. The smallest absolute Gasteiger partial charge is 0.227 e. The van der Waals surface area contributed by atoms with E-state index < -0.39 is 0 Å². The number of hydrogen-bond acceptors (Lipinski definition) is 2. The van der Waals surface area contributed by atoms with Gasteiger partial charge in [0.2, 0.25) is 5.91 Å². The van der Waals surface area contributed by atoms with Crippen molar-refractivity contribution in [3.8, 4) is 0 Å². The van der Waals surface area contributed by atoms with Gasteiger partial charge in [-0.05, 0) is 43.4 Å². The average molecular weight is 442 g/mol. The Morgan fingerprint density at radius 3 is 2.58 bits per heavy atom. The van der Waals surface area contributed by atoms with Gasteiger partial charge in [-0.25, -0.2) is 4.99 Å². The maximum atomic E-state index is 11.8. The highest BCUT2D eigenvalue weighted by Gasteiger charge is 2.33. The summed E-state index contributed by atoms with van der Waals surface area (Å²) in [5.74, 6) is 1.87. The molecule has 132 valence electrons. The van der Waals surface area contributed by atoms with Gasteiger partial charge in [0.15, 0.2) is 5.96 Å². The summed E-state index contributed by atoms with van der Waals surface area (Å²) < 4.78 is 0. The van der Waals surface area contributed by atoms with Crippen LogP contribution in [0.5, 0.6) is 0 Å². The van der Waals surface area contributed by atoms with Gasteiger partial charge in [-0.3, -0.25) is 4.79 Å². The van der Waals surface area contributed by atoms with Crippen LogP contribution in [0, 0.1) is 5.92 Å². The predicted molar refractivity (Wildman–Crippen MR) is 109 cm³/mol. The fraction of sp³-hybridized carbons (Fsp3) is 0.556. The standard InChI is InChI=1S/C18H26N4O.HI/c1-3-19-18(21-16-11-13(16)2)20-12-14-6-8-15(9-7-14)22-10-4-5-17(22)23;/h6-9,13,16H,3-5,10-12H2,1-2H3,(H2,19,20,21);1H. The molecular formula is C18H27IN4O. The van der Waals surface area contributed by atoms with E-state index in [1.807, 2.05) is 17.0 Å². The Kier molecular flexibility index (Phi) is 6.89. The Labute approximate surface area is 161 Å². The molecule has 3 rings (SSSR count). The highest BCUT2D eigenvalue weighted by Crippen LogP contribution is 2.28. The number of aliphatic imine (C=N–C) groups is 1. The molecule has 2 aliphatic rings. The molecule has 0 bridgehead atoms. The molecule has 2 N–H and O–H groups in total. The molecule has 0 spiro atoms. The summed E-state index contributed by atoms with van der Waals surface area (Å²) >= 11 is 0. The number of guanidine groups is 1. The van der Waals surface area contributed by atoms with Gasteiger partial charge in [0.25, 0.3) is 0 Å². The monoisotopic (exact) mass is 442 g/mol. The van der Waals surface area contributed by atoms with Crippen LogP contribution >= 0.6 is 24.0 Å². The minimum atomic E-state index is 0. The van der Waals surface area contributed by atoms with Gasteiger partial charge >= 0.3 is 0 Å². The zero-order valence-corrected chi connectivity index (χ0v) is 16.7. The molecule has 1 saturated carbocycles. The summed E-state index contributed by atoms with van der Waals surface area (Å²) in [6, 6.07) is 8.74. The van der Waals surface area contributed by atoms with E-state index in [1.54, 1.807) is 0 Å². The van der Waals surface area contributed by atoms with Crippen molar-refractivity contribution in [3.63, 3.8) is 0 Å². The lowest BCUT2D eigenvalue weighted by atomic mass is 10.2. The molecule has 2 atom stereocenters. The lowest BCUT2D eigenvalue weighted by Gasteiger charge is -2.16. The van der Waals surface area contributed by atoms with Crippen molar-refractivity contribution >= 4 is 41.5 Å². The molecular weight excluding hydrogens is 415 g/mol. The van der Waals surface area contributed by atoms with E-state index in [1.165, 1.54) is 6.42 Å². The Morgan fingerprint density at radius 2 is 2.04 bits per heavy atom. The van der Waals surface area contributed by atoms with E-state index in [0.29, 0.717) is 19.0 Å². The van der Waals surface area contributed by atoms with Crippen molar-refractivity contribution in [2.45, 2.75) is 45.7 Å². The summed E-state index contributed by atoms with van der Waals surface area (Å²) in [5.41, 5.74) is 2.15. The van der Waals surface area contributed by atoms with E-state index in [-0.39, 0.29) is 29.9 Å². The quantitative estimate of drug-likeness (QED) is 0.419. The minimum absolute atomic E-state index is 0. The van der Waals surface area contributed by atoms with Crippen molar-refractivity contribution in [2.75, 3.05) is 18.0 Å². The third-order valence-corrected chi connectivity index (χ3v) is 4.52. The normalized spacial score (nSPS) is 23.0. The SMILES string of the molecule is CCNC(=NCc1ccc(N2CCCC2=O)cc1)NC1CC1C.I. The molecule has 24 heavy (non-hydrogen) atoms. The molecule has 1 aliphatic heterocycles. The number of carbonyl (C=O) groups is 1. The number of benzene rings is 1. The van der Waals surface area contributed by atoms with Gasteiger partial charge in [-0.15, -0.1) is 24.0 Å². The maximum absolute atomic E-state index is 11.8. The molecule has 1 saturated heterocycles. The number of amides is 1. The third-order valence-electron chi connectivity index (χ3n) is 4.52. The molecule has 1 aromatic carbocycles. The van der Waals surface area contributed by atoms with Crippen LogP contribution in [0.25, 0.3) is 0 Å². The number of halogens is 1. The molecule has 2 unspecified atom stereocenters. The third kappa shape index (κ3) is 4.84. The molecule has 1 aliphatic carbocycles. The highest BCUT2D eigenvalue weighted by atomic mass is 127. The molecule has 5 nitrogen and oxygen atoms in total. The second-order valence-electron chi connectivity index (χ2n) is 6.47. The second kappa shape index (κ2) is 8.69. The first-order valence-electron chi connectivity index (χ1n) is 8.61. The molecule has 2 fully saturated rings. The number of rotatable bonds is 5. The van der Waals surface area contributed by atoms with Gasteiger partial charge in [-0.2, -0.15) is 0 Å². The van der Waals surface area contributed by atoms with Crippen LogP contribution in [-0.2, 0) is 11.3 Å². The van der Waals surface area contributed by atoms with Gasteiger partial charge in [0.1, 0.15) is 0 Å². The molecule has 1 aromatic rings. The Morgan fingerprint density at radius 1 is 1.33 bits per heavy atom. The first-order chi connectivity index (χ1) is 11.2. The lowest BCUT2D eigenvalue weighted by molar-refractivity contribution is -0.117. The van der Waals surface area contributed by atoms with Crippen molar-refractivity contribution in [1.29, 1.82) is 0 Å². The molecule has 0 aromatic heterocycles. The Balaban J connectivity index is 0.00000208. The number of hydrogen-bond donors (Lipinski definition) is 2. The first kappa shape index (κ1) is 19.0. The van der Waals surface area contributed by atoms with Crippen molar-refractivity contribution < 1.29 is 4.79 Å². The second-order valence-corrected chi connectivity index (χ2v) is 6.47. The van der Waals surface area contributed by atoms with Crippen LogP contribution in [-0.4, -0.2) is 31.0 Å². The summed E-state index contributed by atoms with van der Waals surface area (Å²) in [6.45, 7) is 6.67. The van der Waals surface area contributed by atoms with Crippen LogP contribution in [0.15, 0.2) is 29.3 Å². The summed E-state index contributed by atoms with van der Waals surface area (Å²) in [5, 5.41) is 6.75. The number of carbonyl (C=O) groups excluding carboxylic acids is 1. The van der Waals surface area contributed by atoms with E-state index in [9.17, 15) is 4.79 Å². The Bertz CT molecular complexity index is 587. The van der Waals surface area contributed by atoms with Crippen LogP contribution in [0.1, 0.15) is 38.7 Å². The molecule has 0 radical (unpaired) electrons. The average Bonchev–Trinajstić information content (AvgIpc) is 3.06. The minimum Gasteiger partial charge on any atom is -0.357 e. The predicted octanol–water partition coefficient (Wildman–Crippen LogP) is 2.89. The van der Waals surface area contributed by atoms with Crippen LogP contribution < -0.4 is 15.5 Å². The maximum Gasteiger partial charge on any atom is 0.227 e. The van der Waals surface area contributed by atoms with Crippen molar-refractivity contribution in [3.05, 3.63) is 29.8 Å². The summed E-state index contributed by atoms with van der Waals surface area (Å²) in [6.07, 6.45) is 2.86. The summed E-state index contributed by atoms with van der Waals surface area (Å²) in [4.78, 5) is 18.3. The summed E-state index contributed by atoms with van der Waals surface area (Å²) in [7, 11) is 0. The van der Waals surface area contributed by atoms with E-state index >= 15 is 0 Å². The van der Waals surface area contributed by atoms with Gasteiger partial charge < -0.3 is 15.5 Å². The number of nitrogens with one attached hydrogen (secondary N) is 2. The van der Waals surface area contributed by atoms with Gasteiger partial charge in [-0.1, -0.05) is 19.1 Å². The first-order valence-corrected chi connectivity index (χ1v) is 8.61. The van der Waals surface area contributed by atoms with Crippen LogP contribution in [0.3, 0.4) is 0 Å².